The molecule has 2 unspecified atom stereocenters. The van der Waals surface area contributed by atoms with Crippen LogP contribution in [0.15, 0.2) is 47.4 Å². The van der Waals surface area contributed by atoms with Gasteiger partial charge in [0.2, 0.25) is 0 Å². The highest BCUT2D eigenvalue weighted by molar-refractivity contribution is 7.84. The lowest BCUT2D eigenvalue weighted by Gasteiger charge is -2.37. The topological polar surface area (TPSA) is 108 Å². The van der Waals surface area contributed by atoms with Gasteiger partial charge in [0.1, 0.15) is 24.2 Å². The Kier molecular flexibility index (Phi) is 9.11. The molecule has 1 fully saturated rings. The van der Waals surface area contributed by atoms with E-state index in [2.05, 4.69) is 10.2 Å². The number of rotatable bonds is 10. The minimum absolute atomic E-state index is 0.0446. The first kappa shape index (κ1) is 25.0. The van der Waals surface area contributed by atoms with Gasteiger partial charge < -0.3 is 29.9 Å². The zero-order chi connectivity index (χ0) is 23.8. The fourth-order valence-electron chi connectivity index (χ4n) is 3.87. The third kappa shape index (κ3) is 6.93. The Morgan fingerprint density at radius 1 is 1.21 bits per heavy atom. The van der Waals surface area contributed by atoms with E-state index in [9.17, 15) is 19.2 Å². The van der Waals surface area contributed by atoms with Crippen LogP contribution in [0.25, 0.3) is 0 Å². The first-order valence-electron chi connectivity index (χ1n) is 11.1. The van der Waals surface area contributed by atoms with Gasteiger partial charge >= 0.3 is 5.97 Å². The summed E-state index contributed by atoms with van der Waals surface area (Å²) >= 11 is 0. The van der Waals surface area contributed by atoms with Gasteiger partial charge in [-0.2, -0.15) is 0 Å². The number of benzene rings is 2. The van der Waals surface area contributed by atoms with Gasteiger partial charge in [-0.3, -0.25) is 4.21 Å². The van der Waals surface area contributed by atoms with E-state index in [0.29, 0.717) is 29.4 Å². The van der Waals surface area contributed by atoms with Crippen LogP contribution in [0.1, 0.15) is 30.1 Å². The molecule has 3 N–H and O–H groups in total. The van der Waals surface area contributed by atoms with Crippen LogP contribution in [0.4, 0.5) is 5.69 Å². The van der Waals surface area contributed by atoms with Crippen LogP contribution >= 0.6 is 0 Å². The number of aromatic hydroxyl groups is 1. The quantitative estimate of drug-likeness (QED) is 0.449. The highest BCUT2D eigenvalue weighted by atomic mass is 32.2. The average Bonchev–Trinajstić information content (AvgIpc) is 2.82. The Bertz CT molecular complexity index is 946. The summed E-state index contributed by atoms with van der Waals surface area (Å²) in [4.78, 5) is 14.4. The lowest BCUT2D eigenvalue weighted by atomic mass is 10.0. The number of aliphatic hydroxyl groups is 1. The summed E-state index contributed by atoms with van der Waals surface area (Å²) in [6.07, 6.45) is 2.58. The summed E-state index contributed by atoms with van der Waals surface area (Å²) in [5.74, 6) is 0.0310. The first-order chi connectivity index (χ1) is 15.9. The van der Waals surface area contributed by atoms with E-state index in [0.717, 1.165) is 31.6 Å². The molecule has 1 heterocycles. The summed E-state index contributed by atoms with van der Waals surface area (Å²) in [6, 6.07) is 12.0. The summed E-state index contributed by atoms with van der Waals surface area (Å²) in [7, 11) is -1.35. The SMILES string of the molecule is CCOC(=O)c1ccc(N(CC(O)COc2ccc(O)c(S(C)=O)c2)C2CCNCC2)cc1. The number of nitrogens with one attached hydrogen (secondary N) is 1. The molecule has 2 aromatic rings. The number of hydrogen-bond acceptors (Lipinski definition) is 8. The van der Waals surface area contributed by atoms with E-state index < -0.39 is 16.9 Å². The molecule has 0 aromatic heterocycles. The highest BCUT2D eigenvalue weighted by Crippen LogP contribution is 2.26. The van der Waals surface area contributed by atoms with E-state index >= 15 is 0 Å². The maximum absolute atomic E-state index is 12.0. The molecule has 0 saturated carbocycles. The molecule has 2 atom stereocenters. The third-order valence-electron chi connectivity index (χ3n) is 5.55. The average molecular weight is 477 g/mol. The summed E-state index contributed by atoms with van der Waals surface area (Å²) < 4.78 is 22.5. The molecule has 0 bridgehead atoms. The van der Waals surface area contributed by atoms with E-state index in [1.165, 1.54) is 18.4 Å². The number of phenolic OH excluding ortho intramolecular Hbond substituents is 1. The number of aliphatic hydroxyl groups excluding tert-OH is 1. The Morgan fingerprint density at radius 3 is 2.55 bits per heavy atom. The van der Waals surface area contributed by atoms with Crippen LogP contribution in [0.5, 0.6) is 11.5 Å². The van der Waals surface area contributed by atoms with Crippen molar-refractivity contribution in [1.82, 2.24) is 5.32 Å². The predicted octanol–water partition coefficient (Wildman–Crippen LogP) is 2.30. The van der Waals surface area contributed by atoms with Crippen LogP contribution in [0, 0.1) is 0 Å². The molecule has 0 radical (unpaired) electrons. The fraction of sp³-hybridized carbons (Fsp3) is 0.458. The van der Waals surface area contributed by atoms with Gasteiger partial charge in [-0.05, 0) is 75.3 Å². The molecule has 1 aliphatic heterocycles. The number of phenols is 1. The van der Waals surface area contributed by atoms with E-state index in [1.54, 1.807) is 25.1 Å². The second-order valence-corrected chi connectivity index (χ2v) is 9.30. The molecular formula is C24H32N2O6S. The van der Waals surface area contributed by atoms with E-state index in [1.807, 2.05) is 12.1 Å². The number of nitrogens with zero attached hydrogens (tertiary/aromatic N) is 1. The highest BCUT2D eigenvalue weighted by Gasteiger charge is 2.24. The molecule has 1 aliphatic rings. The van der Waals surface area contributed by atoms with Gasteiger partial charge in [0, 0.05) is 24.5 Å². The van der Waals surface area contributed by atoms with Crippen LogP contribution in [0.3, 0.4) is 0 Å². The number of anilines is 1. The van der Waals surface area contributed by atoms with Crippen molar-refractivity contribution in [3.63, 3.8) is 0 Å². The van der Waals surface area contributed by atoms with Crippen molar-refractivity contribution in [1.29, 1.82) is 0 Å². The molecule has 0 amide bonds. The van der Waals surface area contributed by atoms with Crippen LogP contribution in [-0.4, -0.2) is 71.6 Å². The van der Waals surface area contributed by atoms with E-state index in [4.69, 9.17) is 9.47 Å². The number of piperidine rings is 1. The third-order valence-corrected chi connectivity index (χ3v) is 6.50. The molecule has 9 heteroatoms. The Morgan fingerprint density at radius 2 is 1.91 bits per heavy atom. The molecule has 8 nitrogen and oxygen atoms in total. The van der Waals surface area contributed by atoms with Crippen molar-refractivity contribution in [2.24, 2.45) is 0 Å². The normalized spacial score (nSPS) is 16.1. The molecule has 3 rings (SSSR count). The molecule has 0 aliphatic carbocycles. The Hall–Kier alpha value is -2.62. The minimum atomic E-state index is -1.35. The summed E-state index contributed by atoms with van der Waals surface area (Å²) in [5.41, 5.74) is 1.41. The predicted molar refractivity (Wildman–Crippen MR) is 128 cm³/mol. The Labute approximate surface area is 197 Å². The monoisotopic (exact) mass is 476 g/mol. The second-order valence-electron chi connectivity index (χ2n) is 7.95. The largest absolute Gasteiger partial charge is 0.507 e. The van der Waals surface area contributed by atoms with Crippen molar-refractivity contribution < 1.29 is 28.7 Å². The Balaban J connectivity index is 1.69. The molecule has 33 heavy (non-hydrogen) atoms. The van der Waals surface area contributed by atoms with Crippen LogP contribution < -0.4 is 15.0 Å². The van der Waals surface area contributed by atoms with Gasteiger partial charge in [-0.1, -0.05) is 0 Å². The summed E-state index contributed by atoms with van der Waals surface area (Å²) in [5, 5.41) is 23.9. The number of esters is 1. The molecule has 180 valence electrons. The lowest BCUT2D eigenvalue weighted by molar-refractivity contribution is 0.0526. The number of hydrogen-bond donors (Lipinski definition) is 3. The van der Waals surface area contributed by atoms with Crippen molar-refractivity contribution in [2.75, 3.05) is 44.0 Å². The van der Waals surface area contributed by atoms with Crippen molar-refractivity contribution in [2.45, 2.75) is 36.8 Å². The van der Waals surface area contributed by atoms with Crippen LogP contribution in [-0.2, 0) is 15.5 Å². The smallest absolute Gasteiger partial charge is 0.338 e. The van der Waals surface area contributed by atoms with Gasteiger partial charge in [0.05, 0.1) is 27.9 Å². The van der Waals surface area contributed by atoms with Gasteiger partial charge in [0.25, 0.3) is 0 Å². The first-order valence-corrected chi connectivity index (χ1v) is 12.7. The van der Waals surface area contributed by atoms with Crippen molar-refractivity contribution >= 4 is 22.5 Å². The lowest BCUT2D eigenvalue weighted by Crippen LogP contribution is -2.47. The fourth-order valence-corrected chi connectivity index (χ4v) is 4.52. The van der Waals surface area contributed by atoms with Gasteiger partial charge in [0.15, 0.2) is 0 Å². The second kappa shape index (κ2) is 12.0. The van der Waals surface area contributed by atoms with E-state index in [-0.39, 0.29) is 24.4 Å². The van der Waals surface area contributed by atoms with Gasteiger partial charge in [-0.25, -0.2) is 4.79 Å². The zero-order valence-electron chi connectivity index (χ0n) is 19.0. The maximum Gasteiger partial charge on any atom is 0.338 e. The number of carbonyl (C=O) groups excluding carboxylic acids is 1. The zero-order valence-corrected chi connectivity index (χ0v) is 19.8. The summed E-state index contributed by atoms with van der Waals surface area (Å²) in [6.45, 7) is 4.30. The van der Waals surface area contributed by atoms with Gasteiger partial charge in [-0.15, -0.1) is 0 Å². The number of ether oxygens (including phenoxy) is 2. The minimum Gasteiger partial charge on any atom is -0.507 e. The van der Waals surface area contributed by atoms with Crippen LogP contribution in [0.2, 0.25) is 0 Å². The molecule has 2 aromatic carbocycles. The molecule has 0 spiro atoms. The van der Waals surface area contributed by atoms with Crippen molar-refractivity contribution in [3.05, 3.63) is 48.0 Å². The maximum atomic E-state index is 12.0. The number of carbonyl (C=O) groups is 1. The standard InChI is InChI=1S/C24H32N2O6S/c1-3-31-24(29)17-4-6-18(7-5-17)26(19-10-12-25-13-11-19)15-20(27)16-32-21-8-9-22(28)23(14-21)33(2)30/h4-9,14,19-20,25,27-28H,3,10-13,15-16H2,1-2H3. The van der Waals surface area contributed by atoms with Crippen molar-refractivity contribution in [3.8, 4) is 11.5 Å². The molecule has 1 saturated heterocycles. The molecular weight excluding hydrogens is 444 g/mol.